The third kappa shape index (κ3) is 2.85. The molecule has 0 spiro atoms. The van der Waals surface area contributed by atoms with E-state index in [1.165, 1.54) is 6.33 Å². The van der Waals surface area contributed by atoms with Gasteiger partial charge in [-0.05, 0) is 29.5 Å². The average molecular weight is 299 g/mol. The molecule has 2 aromatic heterocycles. The van der Waals surface area contributed by atoms with E-state index in [2.05, 4.69) is 15.3 Å². The number of nitrogens with zero attached hydrogens (tertiary/aromatic N) is 2. The van der Waals surface area contributed by atoms with Gasteiger partial charge in [-0.15, -0.1) is 11.3 Å². The van der Waals surface area contributed by atoms with E-state index < -0.39 is 5.97 Å². The van der Waals surface area contributed by atoms with Gasteiger partial charge in [0.1, 0.15) is 17.0 Å². The first-order valence-corrected chi connectivity index (χ1v) is 7.37. The molecule has 2 heterocycles. The van der Waals surface area contributed by atoms with Crippen LogP contribution in [-0.2, 0) is 6.42 Å². The van der Waals surface area contributed by atoms with Crippen molar-refractivity contribution in [2.75, 3.05) is 11.9 Å². The van der Waals surface area contributed by atoms with E-state index in [4.69, 9.17) is 5.11 Å². The standard InChI is InChI=1S/C15H13N3O2S/c19-15(20)11-4-2-1-3-10(11)5-7-16-13-12-6-8-21-14(12)18-9-17-13/h1-4,6,8-9H,5,7H2,(H,19,20)(H,16,17,18). The SMILES string of the molecule is O=C(O)c1ccccc1CCNc1ncnc2sccc12. The van der Waals surface area contributed by atoms with Gasteiger partial charge in [-0.2, -0.15) is 0 Å². The van der Waals surface area contributed by atoms with Crippen LogP contribution in [0.1, 0.15) is 15.9 Å². The molecule has 0 amide bonds. The number of hydrogen-bond donors (Lipinski definition) is 2. The highest BCUT2D eigenvalue weighted by molar-refractivity contribution is 7.16. The lowest BCUT2D eigenvalue weighted by molar-refractivity contribution is 0.0695. The van der Waals surface area contributed by atoms with Crippen LogP contribution >= 0.6 is 11.3 Å². The average Bonchev–Trinajstić information content (AvgIpc) is 2.97. The molecule has 5 nitrogen and oxygen atoms in total. The fourth-order valence-electron chi connectivity index (χ4n) is 2.19. The zero-order valence-corrected chi connectivity index (χ0v) is 11.9. The van der Waals surface area contributed by atoms with Gasteiger partial charge >= 0.3 is 5.97 Å². The van der Waals surface area contributed by atoms with Crippen LogP contribution in [0.15, 0.2) is 42.0 Å². The second-order valence-electron chi connectivity index (χ2n) is 4.50. The second kappa shape index (κ2) is 5.88. The van der Waals surface area contributed by atoms with Gasteiger partial charge in [-0.25, -0.2) is 14.8 Å². The number of carbonyl (C=O) groups is 1. The Hall–Kier alpha value is -2.47. The van der Waals surface area contributed by atoms with E-state index in [0.29, 0.717) is 18.5 Å². The number of carboxylic acid groups (broad SMARTS) is 1. The Bertz CT molecular complexity index is 785. The Balaban J connectivity index is 1.72. The number of aromatic carboxylic acids is 1. The molecule has 0 unspecified atom stereocenters. The van der Waals surface area contributed by atoms with Crippen molar-refractivity contribution in [1.82, 2.24) is 9.97 Å². The van der Waals surface area contributed by atoms with Gasteiger partial charge in [0.15, 0.2) is 0 Å². The maximum Gasteiger partial charge on any atom is 0.335 e. The van der Waals surface area contributed by atoms with Crippen molar-refractivity contribution in [2.24, 2.45) is 0 Å². The number of nitrogens with one attached hydrogen (secondary N) is 1. The number of fused-ring (bicyclic) bond motifs is 1. The van der Waals surface area contributed by atoms with Gasteiger partial charge in [0.05, 0.1) is 10.9 Å². The number of aromatic nitrogens is 2. The summed E-state index contributed by atoms with van der Waals surface area (Å²) in [6.45, 7) is 0.617. The molecule has 3 rings (SSSR count). The minimum atomic E-state index is -0.895. The summed E-state index contributed by atoms with van der Waals surface area (Å²) >= 11 is 1.57. The first kappa shape index (κ1) is 13.5. The third-order valence-corrected chi connectivity index (χ3v) is 4.02. The normalized spacial score (nSPS) is 10.7. The Morgan fingerprint density at radius 1 is 1.24 bits per heavy atom. The lowest BCUT2D eigenvalue weighted by Gasteiger charge is -2.08. The van der Waals surface area contributed by atoms with Crippen LogP contribution in [-0.4, -0.2) is 27.6 Å². The molecule has 3 aromatic rings. The maximum absolute atomic E-state index is 11.2. The van der Waals surface area contributed by atoms with Crippen LogP contribution in [0, 0.1) is 0 Å². The smallest absolute Gasteiger partial charge is 0.335 e. The molecule has 0 aliphatic carbocycles. The summed E-state index contributed by atoms with van der Waals surface area (Å²) in [4.78, 5) is 20.5. The van der Waals surface area contributed by atoms with E-state index in [-0.39, 0.29) is 0 Å². The minimum absolute atomic E-state index is 0.350. The summed E-state index contributed by atoms with van der Waals surface area (Å²) in [5.74, 6) is -0.109. The molecule has 0 aliphatic heterocycles. The zero-order valence-electron chi connectivity index (χ0n) is 11.1. The van der Waals surface area contributed by atoms with Crippen LogP contribution in [0.5, 0.6) is 0 Å². The molecular formula is C15H13N3O2S. The highest BCUT2D eigenvalue weighted by Gasteiger charge is 2.09. The van der Waals surface area contributed by atoms with Crippen LogP contribution in [0.3, 0.4) is 0 Å². The lowest BCUT2D eigenvalue weighted by atomic mass is 10.0. The van der Waals surface area contributed by atoms with Crippen LogP contribution in [0.25, 0.3) is 10.2 Å². The quantitative estimate of drug-likeness (QED) is 0.757. The van der Waals surface area contributed by atoms with Gasteiger partial charge in [0, 0.05) is 6.54 Å². The fraction of sp³-hybridized carbons (Fsp3) is 0.133. The molecule has 0 fully saturated rings. The molecule has 0 atom stereocenters. The molecule has 0 saturated carbocycles. The molecule has 21 heavy (non-hydrogen) atoms. The Labute approximate surface area is 125 Å². The van der Waals surface area contributed by atoms with Gasteiger partial charge in [0.2, 0.25) is 0 Å². The summed E-state index contributed by atoms with van der Waals surface area (Å²) < 4.78 is 0. The van der Waals surface area contributed by atoms with Crippen LogP contribution in [0.2, 0.25) is 0 Å². The lowest BCUT2D eigenvalue weighted by Crippen LogP contribution is -2.10. The zero-order chi connectivity index (χ0) is 14.7. The minimum Gasteiger partial charge on any atom is -0.478 e. The predicted molar refractivity (Wildman–Crippen MR) is 83.0 cm³/mol. The van der Waals surface area contributed by atoms with Crippen molar-refractivity contribution >= 4 is 33.3 Å². The third-order valence-electron chi connectivity index (χ3n) is 3.20. The number of hydrogen-bond acceptors (Lipinski definition) is 5. The summed E-state index contributed by atoms with van der Waals surface area (Å²) in [5.41, 5.74) is 1.16. The number of anilines is 1. The van der Waals surface area contributed by atoms with Crippen LogP contribution < -0.4 is 5.32 Å². The van der Waals surface area contributed by atoms with E-state index in [1.54, 1.807) is 23.5 Å². The maximum atomic E-state index is 11.2. The highest BCUT2D eigenvalue weighted by Crippen LogP contribution is 2.23. The first-order valence-electron chi connectivity index (χ1n) is 6.49. The van der Waals surface area contributed by atoms with Crippen molar-refractivity contribution in [3.05, 3.63) is 53.2 Å². The van der Waals surface area contributed by atoms with Gasteiger partial charge in [-0.1, -0.05) is 18.2 Å². The van der Waals surface area contributed by atoms with Crippen molar-refractivity contribution in [2.45, 2.75) is 6.42 Å². The fourth-order valence-corrected chi connectivity index (χ4v) is 2.93. The monoisotopic (exact) mass is 299 g/mol. The van der Waals surface area contributed by atoms with Crippen molar-refractivity contribution < 1.29 is 9.90 Å². The molecule has 0 radical (unpaired) electrons. The topological polar surface area (TPSA) is 75.1 Å². The highest BCUT2D eigenvalue weighted by atomic mass is 32.1. The molecule has 0 aliphatic rings. The van der Waals surface area contributed by atoms with Crippen molar-refractivity contribution in [3.8, 4) is 0 Å². The molecule has 0 saturated heterocycles. The largest absolute Gasteiger partial charge is 0.478 e. The van der Waals surface area contributed by atoms with E-state index in [0.717, 1.165) is 21.6 Å². The Morgan fingerprint density at radius 3 is 2.95 bits per heavy atom. The van der Waals surface area contributed by atoms with Crippen molar-refractivity contribution in [1.29, 1.82) is 0 Å². The van der Waals surface area contributed by atoms with Crippen molar-refractivity contribution in [3.63, 3.8) is 0 Å². The molecule has 2 N–H and O–H groups in total. The molecule has 6 heteroatoms. The Morgan fingerprint density at radius 2 is 2.10 bits per heavy atom. The van der Waals surface area contributed by atoms with E-state index in [1.807, 2.05) is 23.6 Å². The second-order valence-corrected chi connectivity index (χ2v) is 5.40. The number of rotatable bonds is 5. The van der Waals surface area contributed by atoms with E-state index in [9.17, 15) is 4.79 Å². The number of thiophene rings is 1. The van der Waals surface area contributed by atoms with Gasteiger partial charge in [-0.3, -0.25) is 0 Å². The van der Waals surface area contributed by atoms with Crippen LogP contribution in [0.4, 0.5) is 5.82 Å². The summed E-state index contributed by atoms with van der Waals surface area (Å²) in [5, 5.41) is 15.4. The van der Waals surface area contributed by atoms with E-state index >= 15 is 0 Å². The van der Waals surface area contributed by atoms with Gasteiger partial charge in [0.25, 0.3) is 0 Å². The molecule has 0 bridgehead atoms. The summed E-state index contributed by atoms with van der Waals surface area (Å²) in [6, 6.07) is 9.03. The number of carboxylic acids is 1. The van der Waals surface area contributed by atoms with Gasteiger partial charge < -0.3 is 10.4 Å². The summed E-state index contributed by atoms with van der Waals surface area (Å²) in [6.07, 6.45) is 2.16. The summed E-state index contributed by atoms with van der Waals surface area (Å²) in [7, 11) is 0. The predicted octanol–water partition coefficient (Wildman–Crippen LogP) is 3.04. The molecular weight excluding hydrogens is 286 g/mol. The first-order chi connectivity index (χ1) is 10.3. The molecule has 1 aromatic carbocycles. The molecule has 106 valence electrons. The number of benzene rings is 1. The Kier molecular flexibility index (Phi) is 3.79.